The van der Waals surface area contributed by atoms with E-state index in [2.05, 4.69) is 4.98 Å². The molecule has 0 unspecified atom stereocenters. The molecule has 2 N–H and O–H groups in total. The highest BCUT2D eigenvalue weighted by Crippen LogP contribution is 2.00. The first-order valence-electron chi connectivity index (χ1n) is 4.49. The van der Waals surface area contributed by atoms with Gasteiger partial charge in [-0.1, -0.05) is 0 Å². The van der Waals surface area contributed by atoms with Crippen molar-refractivity contribution in [2.45, 2.75) is 26.3 Å². The molecule has 0 saturated carbocycles. The van der Waals surface area contributed by atoms with Crippen LogP contribution in [-0.4, -0.2) is 21.9 Å². The van der Waals surface area contributed by atoms with E-state index in [1.807, 2.05) is 17.7 Å². The first-order chi connectivity index (χ1) is 6.27. The van der Waals surface area contributed by atoms with E-state index in [1.54, 1.807) is 6.20 Å². The molecular formula is C9H15N3O. The van der Waals surface area contributed by atoms with Gasteiger partial charge in [0.25, 0.3) is 0 Å². The largest absolute Gasteiger partial charge is 0.335 e. The zero-order valence-corrected chi connectivity index (χ0v) is 7.86. The second-order valence-electron chi connectivity index (χ2n) is 2.88. The maximum absolute atomic E-state index is 11.2. The average Bonchev–Trinajstić information content (AvgIpc) is 2.52. The normalized spacial score (nSPS) is 10.3. The number of Topliss-reactive ketones (excluding diaryl/α,β-unsaturated/α-hetero) is 1. The number of rotatable bonds is 5. The summed E-state index contributed by atoms with van der Waals surface area (Å²) < 4.78 is 1.97. The van der Waals surface area contributed by atoms with Crippen molar-refractivity contribution in [1.82, 2.24) is 9.55 Å². The van der Waals surface area contributed by atoms with Gasteiger partial charge in [-0.05, 0) is 13.5 Å². The zero-order chi connectivity index (χ0) is 9.68. The number of ketones is 1. The number of carbonyl (C=O) groups excluding carboxylic acids is 1. The van der Waals surface area contributed by atoms with E-state index in [4.69, 9.17) is 5.73 Å². The van der Waals surface area contributed by atoms with Crippen molar-refractivity contribution in [3.63, 3.8) is 0 Å². The predicted octanol–water partition coefficient (Wildman–Crippen LogP) is 0.363. The third-order valence-corrected chi connectivity index (χ3v) is 1.92. The Labute approximate surface area is 77.8 Å². The molecule has 0 bridgehead atoms. The topological polar surface area (TPSA) is 60.9 Å². The molecule has 0 aromatic carbocycles. The second kappa shape index (κ2) is 4.77. The fourth-order valence-electron chi connectivity index (χ4n) is 1.22. The number of hydrogen-bond acceptors (Lipinski definition) is 3. The molecule has 0 radical (unpaired) electrons. The number of imidazole rings is 1. The lowest BCUT2D eigenvalue weighted by atomic mass is 10.2. The van der Waals surface area contributed by atoms with Crippen molar-refractivity contribution in [1.29, 1.82) is 0 Å². The monoisotopic (exact) mass is 181 g/mol. The maximum Gasteiger partial charge on any atom is 0.141 e. The summed E-state index contributed by atoms with van der Waals surface area (Å²) in [4.78, 5) is 15.4. The van der Waals surface area contributed by atoms with E-state index in [9.17, 15) is 4.79 Å². The van der Waals surface area contributed by atoms with Gasteiger partial charge < -0.3 is 10.3 Å². The Morgan fingerprint density at radius 3 is 3.08 bits per heavy atom. The molecule has 0 fully saturated rings. The molecule has 1 aromatic heterocycles. The van der Waals surface area contributed by atoms with Crippen LogP contribution in [0.2, 0.25) is 0 Å². The highest BCUT2D eigenvalue weighted by Gasteiger charge is 2.06. The Hall–Kier alpha value is -1.16. The summed E-state index contributed by atoms with van der Waals surface area (Å²) in [6, 6.07) is 0. The van der Waals surface area contributed by atoms with Crippen LogP contribution in [-0.2, 0) is 17.8 Å². The molecule has 0 amide bonds. The highest BCUT2D eigenvalue weighted by molar-refractivity contribution is 5.80. The minimum atomic E-state index is 0.156. The number of aryl methyl sites for hydroxylation is 1. The summed E-state index contributed by atoms with van der Waals surface area (Å²) >= 11 is 0. The van der Waals surface area contributed by atoms with Gasteiger partial charge in [0.2, 0.25) is 0 Å². The molecule has 1 aromatic rings. The minimum absolute atomic E-state index is 0.156. The van der Waals surface area contributed by atoms with Crippen LogP contribution in [0.5, 0.6) is 0 Å². The van der Waals surface area contributed by atoms with Crippen LogP contribution in [0.4, 0.5) is 0 Å². The lowest BCUT2D eigenvalue weighted by molar-refractivity contribution is -0.118. The first kappa shape index (κ1) is 9.92. The van der Waals surface area contributed by atoms with Crippen LogP contribution in [0, 0.1) is 0 Å². The number of hydrogen-bond donors (Lipinski definition) is 1. The molecule has 0 aliphatic heterocycles. The Balaban J connectivity index is 2.57. The van der Waals surface area contributed by atoms with Crippen molar-refractivity contribution in [3.8, 4) is 0 Å². The molecule has 0 aliphatic carbocycles. The molecule has 0 saturated heterocycles. The molecule has 0 spiro atoms. The smallest absolute Gasteiger partial charge is 0.141 e. The van der Waals surface area contributed by atoms with Gasteiger partial charge >= 0.3 is 0 Å². The van der Waals surface area contributed by atoms with Crippen molar-refractivity contribution in [3.05, 3.63) is 18.2 Å². The number of carbonyl (C=O) groups is 1. The fraction of sp³-hybridized carbons (Fsp3) is 0.556. The summed E-state index contributed by atoms with van der Waals surface area (Å²) in [5, 5.41) is 0. The van der Waals surface area contributed by atoms with Gasteiger partial charge in [0, 0.05) is 25.4 Å². The van der Waals surface area contributed by atoms with Crippen molar-refractivity contribution < 1.29 is 4.79 Å². The van der Waals surface area contributed by atoms with Gasteiger partial charge in [-0.2, -0.15) is 0 Å². The molecule has 13 heavy (non-hydrogen) atoms. The summed E-state index contributed by atoms with van der Waals surface area (Å²) in [7, 11) is 0. The Morgan fingerprint density at radius 1 is 1.69 bits per heavy atom. The van der Waals surface area contributed by atoms with Gasteiger partial charge in [-0.25, -0.2) is 4.98 Å². The Morgan fingerprint density at radius 2 is 2.46 bits per heavy atom. The molecule has 4 heteroatoms. The first-order valence-corrected chi connectivity index (χ1v) is 4.49. The van der Waals surface area contributed by atoms with E-state index in [0.29, 0.717) is 19.4 Å². The Kier molecular flexibility index (Phi) is 3.64. The third-order valence-electron chi connectivity index (χ3n) is 1.92. The molecule has 1 heterocycles. The van der Waals surface area contributed by atoms with Gasteiger partial charge in [0.1, 0.15) is 11.6 Å². The summed E-state index contributed by atoms with van der Waals surface area (Å²) in [6.45, 7) is 3.30. The van der Waals surface area contributed by atoms with Crippen LogP contribution < -0.4 is 5.73 Å². The fourth-order valence-corrected chi connectivity index (χ4v) is 1.22. The summed E-state index contributed by atoms with van der Waals surface area (Å²) in [5.74, 6) is 0.990. The number of nitrogens with two attached hydrogens (primary N) is 1. The van der Waals surface area contributed by atoms with Crippen LogP contribution >= 0.6 is 0 Å². The second-order valence-corrected chi connectivity index (χ2v) is 2.88. The number of aromatic nitrogens is 2. The lowest BCUT2D eigenvalue weighted by Crippen LogP contribution is -2.13. The summed E-state index contributed by atoms with van der Waals surface area (Å²) in [6.07, 6.45) is 4.44. The predicted molar refractivity (Wildman–Crippen MR) is 50.3 cm³/mol. The van der Waals surface area contributed by atoms with Gasteiger partial charge in [0.15, 0.2) is 0 Å². The van der Waals surface area contributed by atoms with Gasteiger partial charge in [-0.3, -0.25) is 4.79 Å². The van der Waals surface area contributed by atoms with Gasteiger partial charge in [0.05, 0.1) is 6.42 Å². The molecule has 0 atom stereocenters. The third kappa shape index (κ3) is 2.66. The maximum atomic E-state index is 11.2. The van der Waals surface area contributed by atoms with E-state index in [1.165, 1.54) is 0 Å². The van der Waals surface area contributed by atoms with Crippen molar-refractivity contribution in [2.75, 3.05) is 6.54 Å². The van der Waals surface area contributed by atoms with E-state index >= 15 is 0 Å². The minimum Gasteiger partial charge on any atom is -0.335 e. The van der Waals surface area contributed by atoms with Crippen LogP contribution in [0.15, 0.2) is 12.4 Å². The van der Waals surface area contributed by atoms with Crippen molar-refractivity contribution in [2.24, 2.45) is 5.73 Å². The van der Waals surface area contributed by atoms with Crippen LogP contribution in [0.25, 0.3) is 0 Å². The van der Waals surface area contributed by atoms with Crippen molar-refractivity contribution >= 4 is 5.78 Å². The zero-order valence-electron chi connectivity index (χ0n) is 7.86. The van der Waals surface area contributed by atoms with E-state index in [0.717, 1.165) is 12.4 Å². The molecule has 1 rings (SSSR count). The van der Waals surface area contributed by atoms with Gasteiger partial charge in [-0.15, -0.1) is 0 Å². The highest BCUT2D eigenvalue weighted by atomic mass is 16.1. The SMILES string of the molecule is CCn1ccnc1CC(=O)CCN. The molecular weight excluding hydrogens is 166 g/mol. The molecule has 72 valence electrons. The summed E-state index contributed by atoms with van der Waals surface area (Å²) in [5.41, 5.74) is 5.28. The lowest BCUT2D eigenvalue weighted by Gasteiger charge is -2.02. The standard InChI is InChI=1S/C9H15N3O/c1-2-12-6-5-11-9(12)7-8(13)3-4-10/h5-6H,2-4,7,10H2,1H3. The molecule has 0 aliphatic rings. The van der Waals surface area contributed by atoms with Crippen LogP contribution in [0.3, 0.4) is 0 Å². The van der Waals surface area contributed by atoms with Crippen LogP contribution in [0.1, 0.15) is 19.2 Å². The quantitative estimate of drug-likeness (QED) is 0.713. The molecule has 4 nitrogen and oxygen atoms in total. The Bertz CT molecular complexity index is 280. The average molecular weight is 181 g/mol. The van der Waals surface area contributed by atoms with E-state index < -0.39 is 0 Å². The number of nitrogens with zero attached hydrogens (tertiary/aromatic N) is 2. The van der Waals surface area contributed by atoms with E-state index in [-0.39, 0.29) is 5.78 Å².